The lowest BCUT2D eigenvalue weighted by Crippen LogP contribution is -2.61. The van der Waals surface area contributed by atoms with Crippen LogP contribution in [-0.2, 0) is 28.2 Å². The molecule has 1 saturated heterocycles. The number of aromatic nitrogens is 1. The van der Waals surface area contributed by atoms with Crippen molar-refractivity contribution < 1.29 is 14.3 Å². The maximum absolute atomic E-state index is 12.0. The number of carbonyl (C=O) groups excluding carboxylic acids is 1. The van der Waals surface area contributed by atoms with Gasteiger partial charge in [-0.3, -0.25) is 4.98 Å². The number of nitrogens with zero attached hydrogens (tertiary/aromatic N) is 3. The van der Waals surface area contributed by atoms with E-state index in [1.807, 2.05) is 26.8 Å². The summed E-state index contributed by atoms with van der Waals surface area (Å²) >= 11 is 0. The molecule has 1 aromatic heterocycles. The van der Waals surface area contributed by atoms with Gasteiger partial charge in [0, 0.05) is 5.56 Å². The number of amides is 1. The van der Waals surface area contributed by atoms with Gasteiger partial charge in [0.15, 0.2) is 0 Å². The van der Waals surface area contributed by atoms with Gasteiger partial charge in [0.25, 0.3) is 0 Å². The normalized spacial score (nSPS) is 18.8. The van der Waals surface area contributed by atoms with Gasteiger partial charge in [-0.05, 0) is 26.8 Å². The largest absolute Gasteiger partial charge is 0.444 e. The predicted molar refractivity (Wildman–Crippen MR) is 78.0 cm³/mol. The molecule has 0 atom stereocenters. The zero-order chi connectivity index (χ0) is 16.0. The fourth-order valence-corrected chi connectivity index (χ4v) is 2.80. The zero-order valence-corrected chi connectivity index (χ0v) is 13.0. The van der Waals surface area contributed by atoms with E-state index >= 15 is 0 Å². The minimum Gasteiger partial charge on any atom is -0.444 e. The van der Waals surface area contributed by atoms with Crippen LogP contribution in [0.5, 0.6) is 0 Å². The Kier molecular flexibility index (Phi) is 3.40. The monoisotopic (exact) mass is 305 g/mol. The number of hydrogen-bond donors (Lipinski definition) is 0. The average molecular weight is 305 g/mol. The van der Waals surface area contributed by atoms with E-state index in [1.54, 1.807) is 11.0 Å². The molecule has 7 heteroatoms. The van der Waals surface area contributed by atoms with Gasteiger partial charge in [-0.15, -0.1) is 0 Å². The molecule has 0 saturated carbocycles. The summed E-state index contributed by atoms with van der Waals surface area (Å²) in [5.41, 5.74) is 1.46. The second-order valence-corrected chi connectivity index (χ2v) is 6.70. The molecule has 118 valence electrons. The van der Waals surface area contributed by atoms with Crippen LogP contribution in [0.3, 0.4) is 0 Å². The van der Waals surface area contributed by atoms with Crippen molar-refractivity contribution in [1.29, 1.82) is 0 Å². The zero-order valence-electron chi connectivity index (χ0n) is 13.0. The Labute approximate surface area is 128 Å². The first-order chi connectivity index (χ1) is 10.3. The second kappa shape index (κ2) is 5.01. The van der Waals surface area contributed by atoms with Gasteiger partial charge in [0.2, 0.25) is 0 Å². The molecule has 7 nitrogen and oxygen atoms in total. The minimum atomic E-state index is -0.507. The molecule has 1 aromatic rings. The summed E-state index contributed by atoms with van der Waals surface area (Å²) in [6, 6.07) is 3.70. The molecule has 2 aliphatic rings. The Morgan fingerprint density at radius 2 is 2.18 bits per heavy atom. The van der Waals surface area contributed by atoms with E-state index in [0.29, 0.717) is 25.4 Å². The van der Waals surface area contributed by atoms with Gasteiger partial charge in [0.1, 0.15) is 17.7 Å². The van der Waals surface area contributed by atoms with E-state index < -0.39 is 11.2 Å². The topological polar surface area (TPSA) is 81.1 Å². The van der Waals surface area contributed by atoms with Crippen LogP contribution in [0, 0.1) is 4.91 Å². The highest BCUT2D eigenvalue weighted by Gasteiger charge is 2.53. The molecule has 3 rings (SSSR count). The molecule has 0 aromatic carbocycles. The highest BCUT2D eigenvalue weighted by molar-refractivity contribution is 5.70. The van der Waals surface area contributed by atoms with E-state index in [2.05, 4.69) is 10.2 Å². The number of fused-ring (bicyclic) bond motifs is 2. The Morgan fingerprint density at radius 3 is 2.82 bits per heavy atom. The van der Waals surface area contributed by atoms with Crippen molar-refractivity contribution in [2.75, 3.05) is 13.1 Å². The molecule has 0 radical (unpaired) electrons. The van der Waals surface area contributed by atoms with Crippen LogP contribution < -0.4 is 0 Å². The van der Waals surface area contributed by atoms with E-state index in [4.69, 9.17) is 9.47 Å². The second-order valence-electron chi connectivity index (χ2n) is 6.70. The van der Waals surface area contributed by atoms with Crippen LogP contribution >= 0.6 is 0 Å². The van der Waals surface area contributed by atoms with Gasteiger partial charge in [0.05, 0.1) is 31.1 Å². The number of nitroso groups, excluding NO2 is 1. The molecule has 22 heavy (non-hydrogen) atoms. The molecule has 0 bridgehead atoms. The molecule has 1 amide bonds. The van der Waals surface area contributed by atoms with Crippen LogP contribution in [0.2, 0.25) is 0 Å². The van der Waals surface area contributed by atoms with Crippen molar-refractivity contribution in [3.8, 4) is 0 Å². The molecule has 0 N–H and O–H groups in total. The summed E-state index contributed by atoms with van der Waals surface area (Å²) in [6.07, 6.45) is -0.329. The fourth-order valence-electron chi connectivity index (χ4n) is 2.80. The van der Waals surface area contributed by atoms with E-state index in [0.717, 1.165) is 11.3 Å². The van der Waals surface area contributed by atoms with Gasteiger partial charge < -0.3 is 14.4 Å². The first-order valence-corrected chi connectivity index (χ1v) is 7.23. The lowest BCUT2D eigenvalue weighted by atomic mass is 9.87. The van der Waals surface area contributed by atoms with E-state index in [1.165, 1.54) is 0 Å². The highest BCUT2D eigenvalue weighted by Crippen LogP contribution is 2.43. The quantitative estimate of drug-likeness (QED) is 0.783. The van der Waals surface area contributed by atoms with Crippen molar-refractivity contribution in [3.05, 3.63) is 34.0 Å². The third-order valence-electron chi connectivity index (χ3n) is 3.78. The Hall–Kier alpha value is -2.02. The SMILES string of the molecule is CC(C)(C)OC(=O)N1CC2(C1)OCc1nc(CN=O)ccc12. The van der Waals surface area contributed by atoms with Gasteiger partial charge in [-0.25, -0.2) is 4.79 Å². The number of pyridine rings is 1. The number of carbonyl (C=O) groups is 1. The van der Waals surface area contributed by atoms with Crippen molar-refractivity contribution in [1.82, 2.24) is 9.88 Å². The minimum absolute atomic E-state index is 0.0598. The molecule has 0 aliphatic carbocycles. The molecule has 0 unspecified atom stereocenters. The summed E-state index contributed by atoms with van der Waals surface area (Å²) in [5, 5.41) is 2.85. The van der Waals surface area contributed by atoms with E-state index in [9.17, 15) is 9.70 Å². The lowest BCUT2D eigenvalue weighted by Gasteiger charge is -2.47. The third-order valence-corrected chi connectivity index (χ3v) is 3.78. The summed E-state index contributed by atoms with van der Waals surface area (Å²) in [5.74, 6) is 0. The number of likely N-dealkylation sites (tertiary alicyclic amines) is 1. The molecular formula is C15H19N3O4. The fraction of sp³-hybridized carbons (Fsp3) is 0.600. The molecular weight excluding hydrogens is 286 g/mol. The smallest absolute Gasteiger partial charge is 0.410 e. The Balaban J connectivity index is 1.70. The van der Waals surface area contributed by atoms with Crippen LogP contribution in [-0.4, -0.2) is 34.7 Å². The van der Waals surface area contributed by atoms with Crippen molar-refractivity contribution >= 4 is 6.09 Å². The summed E-state index contributed by atoms with van der Waals surface area (Å²) in [6.45, 7) is 6.90. The predicted octanol–water partition coefficient (Wildman–Crippen LogP) is 2.32. The Bertz CT molecular complexity index is 618. The molecule has 1 fully saturated rings. The number of ether oxygens (including phenoxy) is 2. The van der Waals surface area contributed by atoms with Gasteiger partial charge >= 0.3 is 6.09 Å². The summed E-state index contributed by atoms with van der Waals surface area (Å²) in [4.78, 5) is 28.4. The maximum atomic E-state index is 12.0. The van der Waals surface area contributed by atoms with Gasteiger partial charge in [-0.2, -0.15) is 4.91 Å². The first kappa shape index (κ1) is 14.9. The van der Waals surface area contributed by atoms with Crippen LogP contribution in [0.25, 0.3) is 0 Å². The average Bonchev–Trinajstić information content (AvgIpc) is 2.74. The molecule has 3 heterocycles. The summed E-state index contributed by atoms with van der Waals surface area (Å²) < 4.78 is 11.2. The maximum Gasteiger partial charge on any atom is 0.410 e. The van der Waals surface area contributed by atoms with E-state index in [-0.39, 0.29) is 12.6 Å². The number of hydrogen-bond acceptors (Lipinski definition) is 6. The third kappa shape index (κ3) is 2.56. The van der Waals surface area contributed by atoms with Crippen LogP contribution in [0.4, 0.5) is 4.79 Å². The first-order valence-electron chi connectivity index (χ1n) is 7.23. The summed E-state index contributed by atoms with van der Waals surface area (Å²) in [7, 11) is 0. The van der Waals surface area contributed by atoms with Gasteiger partial charge in [-0.1, -0.05) is 11.2 Å². The molecule has 2 aliphatic heterocycles. The molecule has 1 spiro atoms. The number of rotatable bonds is 2. The Morgan fingerprint density at radius 1 is 1.45 bits per heavy atom. The van der Waals surface area contributed by atoms with Crippen molar-refractivity contribution in [2.24, 2.45) is 5.18 Å². The van der Waals surface area contributed by atoms with Crippen LogP contribution in [0.15, 0.2) is 17.3 Å². The van der Waals surface area contributed by atoms with Crippen molar-refractivity contribution in [2.45, 2.75) is 45.1 Å². The standard InChI is InChI=1S/C15H19N3O4/c1-14(2,3)22-13(19)18-8-15(9-18)11-5-4-10(6-16-20)17-12(11)7-21-15/h4-5H,6-9H2,1-3H3. The van der Waals surface area contributed by atoms with Crippen molar-refractivity contribution in [3.63, 3.8) is 0 Å². The van der Waals surface area contributed by atoms with Crippen LogP contribution in [0.1, 0.15) is 37.7 Å². The highest BCUT2D eigenvalue weighted by atomic mass is 16.6. The lowest BCUT2D eigenvalue weighted by molar-refractivity contribution is -0.137.